The van der Waals surface area contributed by atoms with Gasteiger partial charge in [-0.1, -0.05) is 72.3 Å². The van der Waals surface area contributed by atoms with E-state index in [9.17, 15) is 0 Å². The summed E-state index contributed by atoms with van der Waals surface area (Å²) in [6.45, 7) is 0.496. The summed E-state index contributed by atoms with van der Waals surface area (Å²) in [5.74, 6) is 0.919. The van der Waals surface area contributed by atoms with Gasteiger partial charge in [-0.2, -0.15) is 0 Å². The van der Waals surface area contributed by atoms with Gasteiger partial charge in [0.2, 0.25) is 0 Å². The standard InChI is InChI=1S/C26H16ClNO/c27-18-12-9-17(10-13-18)26-21-15-29-23-8-4-3-7-20(23)24(21)25-19-6-2-1-5-16(19)11-14-22(25)28-26/h1-14H,15H2. The Labute approximate surface area is 173 Å². The maximum atomic E-state index is 6.13. The zero-order chi connectivity index (χ0) is 19.4. The van der Waals surface area contributed by atoms with E-state index in [-0.39, 0.29) is 0 Å². The minimum atomic E-state index is 0.496. The summed E-state index contributed by atoms with van der Waals surface area (Å²) in [5, 5.41) is 4.34. The molecule has 29 heavy (non-hydrogen) atoms. The van der Waals surface area contributed by atoms with E-state index in [4.69, 9.17) is 21.3 Å². The number of hydrogen-bond acceptors (Lipinski definition) is 2. The number of para-hydroxylation sites is 1. The van der Waals surface area contributed by atoms with Crippen LogP contribution in [0.1, 0.15) is 5.56 Å². The number of hydrogen-bond donors (Lipinski definition) is 0. The van der Waals surface area contributed by atoms with Crippen LogP contribution in [-0.4, -0.2) is 4.98 Å². The lowest BCUT2D eigenvalue weighted by Gasteiger charge is -2.25. The lowest BCUT2D eigenvalue weighted by Crippen LogP contribution is -2.09. The highest BCUT2D eigenvalue weighted by Gasteiger charge is 2.25. The van der Waals surface area contributed by atoms with Crippen molar-refractivity contribution >= 4 is 33.3 Å². The second-order valence-corrected chi connectivity index (χ2v) is 7.72. The van der Waals surface area contributed by atoms with Crippen LogP contribution in [0.4, 0.5) is 0 Å². The van der Waals surface area contributed by atoms with Gasteiger partial charge in [0, 0.05) is 32.7 Å². The average molecular weight is 394 g/mol. The molecule has 0 aliphatic carbocycles. The molecule has 4 aromatic carbocycles. The monoisotopic (exact) mass is 393 g/mol. The van der Waals surface area contributed by atoms with E-state index in [2.05, 4.69) is 48.5 Å². The number of ether oxygens (including phenoxy) is 1. The van der Waals surface area contributed by atoms with Gasteiger partial charge < -0.3 is 4.74 Å². The van der Waals surface area contributed by atoms with Crippen molar-refractivity contribution in [3.63, 3.8) is 0 Å². The molecule has 6 rings (SSSR count). The third-order valence-corrected chi connectivity index (χ3v) is 5.87. The predicted molar refractivity (Wildman–Crippen MR) is 119 cm³/mol. The first-order chi connectivity index (χ1) is 14.3. The Hall–Kier alpha value is -3.36. The Balaban J connectivity index is 1.80. The molecule has 0 saturated heterocycles. The Kier molecular flexibility index (Phi) is 3.62. The largest absolute Gasteiger partial charge is 0.488 e. The average Bonchev–Trinajstić information content (AvgIpc) is 2.78. The van der Waals surface area contributed by atoms with Crippen LogP contribution in [0.3, 0.4) is 0 Å². The van der Waals surface area contributed by atoms with E-state index in [0.29, 0.717) is 6.61 Å². The van der Waals surface area contributed by atoms with Crippen molar-refractivity contribution in [1.29, 1.82) is 0 Å². The molecule has 0 N–H and O–H groups in total. The molecule has 1 aliphatic rings. The minimum absolute atomic E-state index is 0.496. The van der Waals surface area contributed by atoms with Crippen LogP contribution in [0.5, 0.6) is 5.75 Å². The molecule has 0 radical (unpaired) electrons. The molecule has 0 unspecified atom stereocenters. The van der Waals surface area contributed by atoms with Crippen LogP contribution < -0.4 is 4.74 Å². The van der Waals surface area contributed by atoms with E-state index in [0.717, 1.165) is 38.7 Å². The van der Waals surface area contributed by atoms with Gasteiger partial charge in [0.1, 0.15) is 12.4 Å². The van der Waals surface area contributed by atoms with Gasteiger partial charge in [-0.15, -0.1) is 0 Å². The highest BCUT2D eigenvalue weighted by atomic mass is 35.5. The van der Waals surface area contributed by atoms with Crippen LogP contribution in [0, 0.1) is 0 Å². The number of benzene rings is 4. The Morgan fingerprint density at radius 1 is 0.793 bits per heavy atom. The summed E-state index contributed by atoms with van der Waals surface area (Å²) in [5.41, 5.74) is 6.45. The summed E-state index contributed by atoms with van der Waals surface area (Å²) < 4.78 is 6.13. The lowest BCUT2D eigenvalue weighted by atomic mass is 9.88. The zero-order valence-electron chi connectivity index (χ0n) is 15.5. The van der Waals surface area contributed by atoms with E-state index < -0.39 is 0 Å². The Bertz CT molecular complexity index is 1410. The molecule has 138 valence electrons. The first kappa shape index (κ1) is 16.6. The maximum absolute atomic E-state index is 6.13. The summed E-state index contributed by atoms with van der Waals surface area (Å²) in [6, 6.07) is 28.9. The topological polar surface area (TPSA) is 22.1 Å². The number of fused-ring (bicyclic) bond motifs is 7. The third-order valence-electron chi connectivity index (χ3n) is 5.62. The molecule has 0 bridgehead atoms. The normalized spacial score (nSPS) is 12.4. The molecule has 2 nitrogen and oxygen atoms in total. The van der Waals surface area contributed by atoms with Crippen molar-refractivity contribution in [1.82, 2.24) is 4.98 Å². The van der Waals surface area contributed by atoms with Gasteiger partial charge in [-0.3, -0.25) is 0 Å². The van der Waals surface area contributed by atoms with Crippen LogP contribution in [0.15, 0.2) is 84.9 Å². The minimum Gasteiger partial charge on any atom is -0.488 e. The van der Waals surface area contributed by atoms with Gasteiger partial charge in [0.05, 0.1) is 11.2 Å². The molecular formula is C26H16ClNO. The molecular weight excluding hydrogens is 378 g/mol. The highest BCUT2D eigenvalue weighted by Crippen LogP contribution is 2.46. The Morgan fingerprint density at radius 2 is 1.59 bits per heavy atom. The first-order valence-electron chi connectivity index (χ1n) is 9.62. The third kappa shape index (κ3) is 2.53. The van der Waals surface area contributed by atoms with Crippen LogP contribution >= 0.6 is 11.6 Å². The highest BCUT2D eigenvalue weighted by molar-refractivity contribution is 6.30. The molecule has 0 saturated carbocycles. The number of aromatic nitrogens is 1. The fraction of sp³-hybridized carbons (Fsp3) is 0.0385. The van der Waals surface area contributed by atoms with Gasteiger partial charge >= 0.3 is 0 Å². The van der Waals surface area contributed by atoms with E-state index in [1.165, 1.54) is 21.7 Å². The molecule has 0 atom stereocenters. The van der Waals surface area contributed by atoms with Crippen LogP contribution in [-0.2, 0) is 6.61 Å². The summed E-state index contributed by atoms with van der Waals surface area (Å²) in [7, 11) is 0. The predicted octanol–water partition coefficient (Wildman–Crippen LogP) is 7.27. The van der Waals surface area contributed by atoms with Crippen molar-refractivity contribution in [2.24, 2.45) is 0 Å². The summed E-state index contributed by atoms with van der Waals surface area (Å²) in [6.07, 6.45) is 0. The second-order valence-electron chi connectivity index (χ2n) is 7.29. The zero-order valence-corrected chi connectivity index (χ0v) is 16.3. The lowest BCUT2D eigenvalue weighted by molar-refractivity contribution is 0.303. The molecule has 0 spiro atoms. The smallest absolute Gasteiger partial charge is 0.127 e. The molecule has 3 heteroatoms. The summed E-state index contributed by atoms with van der Waals surface area (Å²) >= 11 is 6.12. The number of pyridine rings is 1. The van der Waals surface area contributed by atoms with E-state index in [1.807, 2.05) is 36.4 Å². The molecule has 0 fully saturated rings. The Morgan fingerprint density at radius 3 is 2.48 bits per heavy atom. The maximum Gasteiger partial charge on any atom is 0.127 e. The van der Waals surface area contributed by atoms with Crippen LogP contribution in [0.25, 0.3) is 44.1 Å². The fourth-order valence-electron chi connectivity index (χ4n) is 4.31. The van der Waals surface area contributed by atoms with Crippen molar-refractivity contribution in [2.75, 3.05) is 0 Å². The van der Waals surface area contributed by atoms with Gasteiger partial charge in [0.25, 0.3) is 0 Å². The van der Waals surface area contributed by atoms with Gasteiger partial charge in [0.15, 0.2) is 0 Å². The van der Waals surface area contributed by atoms with E-state index in [1.54, 1.807) is 0 Å². The fourth-order valence-corrected chi connectivity index (χ4v) is 4.43. The SMILES string of the molecule is Clc1ccc(-c2nc3ccc4ccccc4c3c3c2COc2ccccc2-3)cc1. The second kappa shape index (κ2) is 6.33. The van der Waals surface area contributed by atoms with Crippen molar-refractivity contribution in [2.45, 2.75) is 6.61 Å². The molecule has 0 amide bonds. The number of nitrogens with zero attached hydrogens (tertiary/aromatic N) is 1. The molecule has 2 heterocycles. The molecule has 1 aromatic heterocycles. The van der Waals surface area contributed by atoms with Crippen molar-refractivity contribution in [3.8, 4) is 28.1 Å². The van der Waals surface area contributed by atoms with Gasteiger partial charge in [-0.05, 0) is 35.0 Å². The summed E-state index contributed by atoms with van der Waals surface area (Å²) in [4.78, 5) is 5.09. The van der Waals surface area contributed by atoms with Crippen molar-refractivity contribution < 1.29 is 4.74 Å². The first-order valence-corrected chi connectivity index (χ1v) is 10.00. The number of rotatable bonds is 1. The van der Waals surface area contributed by atoms with Crippen molar-refractivity contribution in [3.05, 3.63) is 95.5 Å². The van der Waals surface area contributed by atoms with Gasteiger partial charge in [-0.25, -0.2) is 4.98 Å². The van der Waals surface area contributed by atoms with E-state index >= 15 is 0 Å². The molecule has 5 aromatic rings. The quantitative estimate of drug-likeness (QED) is 0.279. The van der Waals surface area contributed by atoms with Crippen LogP contribution in [0.2, 0.25) is 5.02 Å². The molecule has 1 aliphatic heterocycles. The number of halogens is 1.